The standard InChI is InChI=1S/C14H16BrFN2O/c1-9(2)12(8-17)14(19)18-6-5-10-7-11(15)3-4-13(10)16/h3-4,7,9,12H,5-6H2,1-2H3,(H,18,19). The van der Waals surface area contributed by atoms with Gasteiger partial charge in [0.05, 0.1) is 6.07 Å². The van der Waals surface area contributed by atoms with Gasteiger partial charge in [0.15, 0.2) is 0 Å². The number of carbonyl (C=O) groups excluding carboxylic acids is 1. The van der Waals surface area contributed by atoms with E-state index in [1.807, 2.05) is 19.9 Å². The van der Waals surface area contributed by atoms with Crippen LogP contribution in [-0.2, 0) is 11.2 Å². The maximum atomic E-state index is 13.5. The zero-order chi connectivity index (χ0) is 14.4. The Bertz CT molecular complexity index is 497. The predicted molar refractivity (Wildman–Crippen MR) is 74.8 cm³/mol. The van der Waals surface area contributed by atoms with Gasteiger partial charge >= 0.3 is 0 Å². The van der Waals surface area contributed by atoms with Crippen LogP contribution in [0.15, 0.2) is 22.7 Å². The molecular formula is C14H16BrFN2O. The molecule has 102 valence electrons. The van der Waals surface area contributed by atoms with Gasteiger partial charge in [-0.1, -0.05) is 29.8 Å². The largest absolute Gasteiger partial charge is 0.355 e. The van der Waals surface area contributed by atoms with Gasteiger partial charge in [-0.05, 0) is 36.1 Å². The van der Waals surface area contributed by atoms with E-state index in [-0.39, 0.29) is 17.6 Å². The van der Waals surface area contributed by atoms with Crippen molar-refractivity contribution in [2.75, 3.05) is 6.54 Å². The van der Waals surface area contributed by atoms with E-state index >= 15 is 0 Å². The molecule has 1 rings (SSSR count). The number of amides is 1. The summed E-state index contributed by atoms with van der Waals surface area (Å²) in [5.74, 6) is -1.29. The van der Waals surface area contributed by atoms with E-state index in [9.17, 15) is 9.18 Å². The highest BCUT2D eigenvalue weighted by atomic mass is 79.9. The van der Waals surface area contributed by atoms with Crippen LogP contribution in [0.1, 0.15) is 19.4 Å². The number of nitrogens with zero attached hydrogens (tertiary/aromatic N) is 1. The molecule has 1 amide bonds. The lowest BCUT2D eigenvalue weighted by Crippen LogP contribution is -2.34. The van der Waals surface area contributed by atoms with Crippen molar-refractivity contribution in [1.29, 1.82) is 5.26 Å². The third kappa shape index (κ3) is 4.64. The second-order valence-corrected chi connectivity index (χ2v) is 5.54. The van der Waals surface area contributed by atoms with Gasteiger partial charge in [-0.15, -0.1) is 0 Å². The molecule has 3 nitrogen and oxygen atoms in total. The minimum absolute atomic E-state index is 0.0346. The van der Waals surface area contributed by atoms with Crippen LogP contribution >= 0.6 is 15.9 Å². The average molecular weight is 327 g/mol. The van der Waals surface area contributed by atoms with E-state index < -0.39 is 5.92 Å². The SMILES string of the molecule is CC(C)C(C#N)C(=O)NCCc1cc(Br)ccc1F. The lowest BCUT2D eigenvalue weighted by molar-refractivity contribution is -0.124. The normalized spacial score (nSPS) is 12.0. The molecule has 1 aromatic carbocycles. The summed E-state index contributed by atoms with van der Waals surface area (Å²) >= 11 is 3.27. The number of carbonyl (C=O) groups is 1. The van der Waals surface area contributed by atoms with Gasteiger partial charge in [-0.2, -0.15) is 5.26 Å². The fourth-order valence-corrected chi connectivity index (χ4v) is 2.08. The molecule has 0 heterocycles. The van der Waals surface area contributed by atoms with Crippen molar-refractivity contribution < 1.29 is 9.18 Å². The van der Waals surface area contributed by atoms with Crippen LogP contribution in [0.5, 0.6) is 0 Å². The van der Waals surface area contributed by atoms with E-state index in [1.165, 1.54) is 6.07 Å². The van der Waals surface area contributed by atoms with E-state index in [4.69, 9.17) is 5.26 Å². The maximum Gasteiger partial charge on any atom is 0.237 e. The molecule has 19 heavy (non-hydrogen) atoms. The molecule has 0 radical (unpaired) electrons. The number of hydrogen-bond donors (Lipinski definition) is 1. The Labute approximate surface area is 120 Å². The summed E-state index contributed by atoms with van der Waals surface area (Å²) in [4.78, 5) is 11.7. The first-order valence-electron chi connectivity index (χ1n) is 6.07. The number of benzene rings is 1. The molecule has 1 atom stereocenters. The van der Waals surface area contributed by atoms with Crippen LogP contribution in [0.2, 0.25) is 0 Å². The van der Waals surface area contributed by atoms with Crippen molar-refractivity contribution in [3.05, 3.63) is 34.1 Å². The molecule has 0 bridgehead atoms. The summed E-state index contributed by atoms with van der Waals surface area (Å²) in [6.07, 6.45) is 0.396. The monoisotopic (exact) mass is 326 g/mol. The quantitative estimate of drug-likeness (QED) is 0.904. The first kappa shape index (κ1) is 15.6. The summed E-state index contributed by atoms with van der Waals surface area (Å²) in [7, 11) is 0. The second-order valence-electron chi connectivity index (χ2n) is 4.63. The molecule has 5 heteroatoms. The Morgan fingerprint density at radius 2 is 2.21 bits per heavy atom. The molecule has 0 spiro atoms. The zero-order valence-corrected chi connectivity index (χ0v) is 12.5. The third-order valence-corrected chi connectivity index (χ3v) is 3.28. The highest BCUT2D eigenvalue weighted by Crippen LogP contribution is 2.16. The molecule has 0 aliphatic rings. The average Bonchev–Trinajstić information content (AvgIpc) is 2.34. The van der Waals surface area contributed by atoms with Crippen LogP contribution in [0.25, 0.3) is 0 Å². The van der Waals surface area contributed by atoms with Gasteiger partial charge in [-0.25, -0.2) is 4.39 Å². The number of nitriles is 1. The molecule has 0 aliphatic heterocycles. The number of nitrogens with one attached hydrogen (secondary N) is 1. The summed E-state index contributed by atoms with van der Waals surface area (Å²) in [5, 5.41) is 11.6. The van der Waals surface area contributed by atoms with Gasteiger partial charge in [0, 0.05) is 11.0 Å². The number of rotatable bonds is 5. The van der Waals surface area contributed by atoms with E-state index in [0.29, 0.717) is 18.5 Å². The molecule has 0 saturated carbocycles. The first-order valence-corrected chi connectivity index (χ1v) is 6.86. The van der Waals surface area contributed by atoms with Crippen molar-refractivity contribution in [1.82, 2.24) is 5.32 Å². The highest BCUT2D eigenvalue weighted by Gasteiger charge is 2.20. The van der Waals surface area contributed by atoms with E-state index in [2.05, 4.69) is 21.2 Å². The Kier molecular flexibility index (Phi) is 5.97. The van der Waals surface area contributed by atoms with Crippen molar-refractivity contribution >= 4 is 21.8 Å². The minimum atomic E-state index is -0.660. The van der Waals surface area contributed by atoms with Crippen molar-refractivity contribution in [3.63, 3.8) is 0 Å². The van der Waals surface area contributed by atoms with Crippen LogP contribution in [-0.4, -0.2) is 12.5 Å². The predicted octanol–water partition coefficient (Wildman–Crippen LogP) is 3.04. The topological polar surface area (TPSA) is 52.9 Å². The fourth-order valence-electron chi connectivity index (χ4n) is 1.68. The lowest BCUT2D eigenvalue weighted by atomic mass is 9.96. The highest BCUT2D eigenvalue weighted by molar-refractivity contribution is 9.10. The summed E-state index contributed by atoms with van der Waals surface area (Å²) < 4.78 is 14.3. The summed E-state index contributed by atoms with van der Waals surface area (Å²) in [6, 6.07) is 6.67. The van der Waals surface area contributed by atoms with Gasteiger partial charge in [0.1, 0.15) is 11.7 Å². The Hall–Kier alpha value is -1.41. The number of halogens is 2. The van der Waals surface area contributed by atoms with Crippen LogP contribution in [0.3, 0.4) is 0 Å². The minimum Gasteiger partial charge on any atom is -0.355 e. The molecule has 0 aliphatic carbocycles. The molecular weight excluding hydrogens is 311 g/mol. The van der Waals surface area contributed by atoms with Gasteiger partial charge in [-0.3, -0.25) is 4.79 Å². The Morgan fingerprint density at radius 3 is 2.79 bits per heavy atom. The van der Waals surface area contributed by atoms with E-state index in [0.717, 1.165) is 4.47 Å². The Morgan fingerprint density at radius 1 is 1.53 bits per heavy atom. The van der Waals surface area contributed by atoms with Crippen molar-refractivity contribution in [2.24, 2.45) is 11.8 Å². The second kappa shape index (κ2) is 7.25. The summed E-state index contributed by atoms with van der Waals surface area (Å²) in [6.45, 7) is 3.96. The van der Waals surface area contributed by atoms with Crippen LogP contribution < -0.4 is 5.32 Å². The fraction of sp³-hybridized carbons (Fsp3) is 0.429. The lowest BCUT2D eigenvalue weighted by Gasteiger charge is -2.13. The zero-order valence-electron chi connectivity index (χ0n) is 10.9. The van der Waals surface area contributed by atoms with Gasteiger partial charge in [0.25, 0.3) is 0 Å². The summed E-state index contributed by atoms with van der Waals surface area (Å²) in [5.41, 5.74) is 0.535. The maximum absolute atomic E-state index is 13.5. The van der Waals surface area contributed by atoms with E-state index in [1.54, 1.807) is 12.1 Å². The van der Waals surface area contributed by atoms with Gasteiger partial charge in [0.2, 0.25) is 5.91 Å². The smallest absolute Gasteiger partial charge is 0.237 e. The molecule has 0 saturated heterocycles. The van der Waals surface area contributed by atoms with Crippen molar-refractivity contribution in [2.45, 2.75) is 20.3 Å². The number of hydrogen-bond acceptors (Lipinski definition) is 2. The molecule has 1 N–H and O–H groups in total. The van der Waals surface area contributed by atoms with Gasteiger partial charge < -0.3 is 5.32 Å². The first-order chi connectivity index (χ1) is 8.95. The Balaban J connectivity index is 2.53. The molecule has 0 aromatic heterocycles. The third-order valence-electron chi connectivity index (χ3n) is 2.79. The molecule has 1 unspecified atom stereocenters. The van der Waals surface area contributed by atoms with Crippen LogP contribution in [0, 0.1) is 29.0 Å². The molecule has 0 fully saturated rings. The van der Waals surface area contributed by atoms with Crippen LogP contribution in [0.4, 0.5) is 4.39 Å². The van der Waals surface area contributed by atoms with Crippen molar-refractivity contribution in [3.8, 4) is 6.07 Å². The molecule has 1 aromatic rings.